The third-order valence-electron chi connectivity index (χ3n) is 9.73. The Labute approximate surface area is 297 Å². The van der Waals surface area contributed by atoms with Gasteiger partial charge in [0.15, 0.2) is 0 Å². The summed E-state index contributed by atoms with van der Waals surface area (Å²) in [7, 11) is 0. The molecule has 0 rings (SSSR count). The maximum atomic E-state index is 12.8. The van der Waals surface area contributed by atoms with E-state index < -0.39 is 11.9 Å². The van der Waals surface area contributed by atoms with Crippen molar-refractivity contribution in [2.24, 2.45) is 11.8 Å². The average Bonchev–Trinajstić information content (AvgIpc) is 3.07. The van der Waals surface area contributed by atoms with Crippen LogP contribution in [0.15, 0.2) is 0 Å². The third-order valence-corrected chi connectivity index (χ3v) is 9.73. The molecule has 0 aliphatic rings. The number of ether oxygens (including phenoxy) is 2. The Bertz CT molecular complexity index is 714. The molecule has 0 aromatic heterocycles. The molecule has 0 amide bonds. The van der Waals surface area contributed by atoms with Gasteiger partial charge in [0.05, 0.1) is 11.8 Å². The highest BCUT2D eigenvalue weighted by molar-refractivity contribution is 5.87. The van der Waals surface area contributed by atoms with Crippen LogP contribution in [0.5, 0.6) is 0 Å². The van der Waals surface area contributed by atoms with Gasteiger partial charge in [0.25, 0.3) is 0 Å². The number of rotatable bonds is 35. The van der Waals surface area contributed by atoms with Crippen molar-refractivity contribution in [2.45, 2.75) is 233 Å². The molecule has 0 aliphatic heterocycles. The van der Waals surface area contributed by atoms with Crippen molar-refractivity contribution in [2.75, 3.05) is 0 Å². The monoisotopic (exact) mass is 679 g/mol. The van der Waals surface area contributed by atoms with Crippen LogP contribution in [0, 0.1) is 11.8 Å². The molecular formula is C42H78O6. The van der Waals surface area contributed by atoms with Crippen molar-refractivity contribution >= 4 is 23.9 Å². The second-order valence-electron chi connectivity index (χ2n) is 14.4. The van der Waals surface area contributed by atoms with Crippen molar-refractivity contribution in [3.63, 3.8) is 0 Å². The Morgan fingerprint density at radius 3 is 0.854 bits per heavy atom. The van der Waals surface area contributed by atoms with Gasteiger partial charge in [-0.05, 0) is 38.5 Å². The van der Waals surface area contributed by atoms with Crippen LogP contribution < -0.4 is 0 Å². The minimum Gasteiger partial charge on any atom is -0.393 e. The summed E-state index contributed by atoms with van der Waals surface area (Å²) in [6.45, 7) is 8.80. The summed E-state index contributed by atoms with van der Waals surface area (Å²) in [5, 5.41) is 0. The van der Waals surface area contributed by atoms with Crippen molar-refractivity contribution in [3.05, 3.63) is 0 Å². The van der Waals surface area contributed by atoms with E-state index in [0.29, 0.717) is 12.8 Å². The van der Waals surface area contributed by atoms with Gasteiger partial charge in [-0.1, -0.05) is 182 Å². The first kappa shape index (κ1) is 46.3. The normalized spacial score (nSPS) is 12.5. The minimum absolute atomic E-state index is 0.157. The molecule has 2 unspecified atom stereocenters. The van der Waals surface area contributed by atoms with Crippen LogP contribution in [0.2, 0.25) is 0 Å². The molecule has 6 heteroatoms. The number of carbonyl (C=O) groups excluding carboxylic acids is 4. The molecular weight excluding hydrogens is 600 g/mol. The lowest BCUT2D eigenvalue weighted by atomic mass is 9.94. The van der Waals surface area contributed by atoms with Gasteiger partial charge >= 0.3 is 23.9 Å². The Hall–Kier alpha value is -1.72. The fourth-order valence-electron chi connectivity index (χ4n) is 6.48. The van der Waals surface area contributed by atoms with E-state index in [2.05, 4.69) is 27.7 Å². The van der Waals surface area contributed by atoms with E-state index in [-0.39, 0.29) is 36.6 Å². The molecule has 0 aromatic carbocycles. The number of hydrogen-bond acceptors (Lipinski definition) is 6. The van der Waals surface area contributed by atoms with Gasteiger partial charge in [-0.2, -0.15) is 0 Å². The Kier molecular flexibility index (Phi) is 33.9. The van der Waals surface area contributed by atoms with Gasteiger partial charge in [-0.3, -0.25) is 19.2 Å². The molecule has 0 radical (unpaired) electrons. The molecule has 0 N–H and O–H groups in total. The summed E-state index contributed by atoms with van der Waals surface area (Å²) in [4.78, 5) is 50.4. The van der Waals surface area contributed by atoms with Crippen molar-refractivity contribution in [1.82, 2.24) is 0 Å². The lowest BCUT2D eigenvalue weighted by Crippen LogP contribution is -2.21. The molecule has 282 valence electrons. The molecule has 48 heavy (non-hydrogen) atoms. The van der Waals surface area contributed by atoms with Crippen molar-refractivity contribution < 1.29 is 28.7 Å². The lowest BCUT2D eigenvalue weighted by Gasteiger charge is -2.15. The predicted octanol–water partition coefficient (Wildman–Crippen LogP) is 12.9. The van der Waals surface area contributed by atoms with E-state index in [0.717, 1.165) is 116 Å². The van der Waals surface area contributed by atoms with Crippen LogP contribution in [-0.4, -0.2) is 23.9 Å². The largest absolute Gasteiger partial charge is 0.393 e. The smallest absolute Gasteiger partial charge is 0.316 e. The summed E-state index contributed by atoms with van der Waals surface area (Å²) < 4.78 is 10.6. The fraction of sp³-hybridized carbons (Fsp3) is 0.905. The van der Waals surface area contributed by atoms with Crippen LogP contribution in [0.25, 0.3) is 0 Å². The second-order valence-corrected chi connectivity index (χ2v) is 14.4. The summed E-state index contributed by atoms with van der Waals surface area (Å²) in [5.41, 5.74) is 0. The first-order chi connectivity index (χ1) is 23.4. The third kappa shape index (κ3) is 29.2. The van der Waals surface area contributed by atoms with Gasteiger partial charge < -0.3 is 9.47 Å². The van der Waals surface area contributed by atoms with E-state index in [1.54, 1.807) is 0 Å². The highest BCUT2D eigenvalue weighted by Crippen LogP contribution is 2.22. The minimum atomic E-state index is -0.394. The molecule has 0 fully saturated rings. The van der Waals surface area contributed by atoms with Crippen molar-refractivity contribution in [1.29, 1.82) is 0 Å². The summed E-state index contributed by atoms with van der Waals surface area (Å²) in [6.07, 6.45) is 32.2. The molecule has 0 aliphatic carbocycles. The van der Waals surface area contributed by atoms with Crippen LogP contribution in [0.3, 0.4) is 0 Å². The van der Waals surface area contributed by atoms with Gasteiger partial charge in [-0.25, -0.2) is 0 Å². The molecule has 0 aromatic rings. The zero-order valence-corrected chi connectivity index (χ0v) is 32.2. The zero-order valence-electron chi connectivity index (χ0n) is 32.2. The molecule has 2 atom stereocenters. The molecule has 6 nitrogen and oxygen atoms in total. The first-order valence-corrected chi connectivity index (χ1v) is 20.9. The van der Waals surface area contributed by atoms with Gasteiger partial charge in [0.2, 0.25) is 0 Å². The van der Waals surface area contributed by atoms with E-state index >= 15 is 0 Å². The maximum absolute atomic E-state index is 12.8. The van der Waals surface area contributed by atoms with Crippen LogP contribution >= 0.6 is 0 Å². The van der Waals surface area contributed by atoms with Crippen LogP contribution in [-0.2, 0) is 28.7 Å². The standard InChI is InChI=1S/C42H78O6/c1-5-9-13-17-21-27-33-37(31-25-15-11-7-3)41(45)47-39(43)35-29-23-19-20-24-30-36-40(44)48-42(46)38(32-26-16-12-8-4)34-28-22-18-14-10-6-2/h37-38H,5-36H2,1-4H3. The van der Waals surface area contributed by atoms with Gasteiger partial charge in [0.1, 0.15) is 0 Å². The molecule has 0 spiro atoms. The average molecular weight is 679 g/mol. The van der Waals surface area contributed by atoms with E-state index in [4.69, 9.17) is 9.47 Å². The van der Waals surface area contributed by atoms with Gasteiger partial charge in [0, 0.05) is 12.8 Å². The number of esters is 4. The molecule has 0 bridgehead atoms. The molecule has 0 saturated heterocycles. The van der Waals surface area contributed by atoms with E-state index in [1.807, 2.05) is 0 Å². The Balaban J connectivity index is 4.25. The predicted molar refractivity (Wildman–Crippen MR) is 200 cm³/mol. The highest BCUT2D eigenvalue weighted by atomic mass is 16.6. The number of carbonyl (C=O) groups is 4. The quantitative estimate of drug-likeness (QED) is 0.0377. The lowest BCUT2D eigenvalue weighted by molar-refractivity contribution is -0.165. The number of hydrogen-bond donors (Lipinski definition) is 0. The zero-order chi connectivity index (χ0) is 35.5. The Morgan fingerprint density at radius 2 is 0.562 bits per heavy atom. The first-order valence-electron chi connectivity index (χ1n) is 20.9. The molecule has 0 saturated carbocycles. The van der Waals surface area contributed by atoms with Crippen LogP contribution in [0.4, 0.5) is 0 Å². The van der Waals surface area contributed by atoms with Crippen molar-refractivity contribution in [3.8, 4) is 0 Å². The van der Waals surface area contributed by atoms with Crippen LogP contribution in [0.1, 0.15) is 233 Å². The summed E-state index contributed by atoms with van der Waals surface area (Å²) in [5.74, 6) is -1.74. The summed E-state index contributed by atoms with van der Waals surface area (Å²) >= 11 is 0. The summed E-state index contributed by atoms with van der Waals surface area (Å²) in [6, 6.07) is 0. The SMILES string of the molecule is CCCCCCCCC(CCCCCC)C(=O)OC(=O)CCCCCCCCC(=O)OC(=O)C(CCCCCC)CCCCCCCC. The fourth-order valence-corrected chi connectivity index (χ4v) is 6.48. The maximum Gasteiger partial charge on any atom is 0.316 e. The van der Waals surface area contributed by atoms with Gasteiger partial charge in [-0.15, -0.1) is 0 Å². The van der Waals surface area contributed by atoms with E-state index in [1.165, 1.54) is 64.2 Å². The van der Waals surface area contributed by atoms with E-state index in [9.17, 15) is 19.2 Å². The number of unbranched alkanes of at least 4 members (excludes halogenated alkanes) is 21. The Morgan fingerprint density at radius 1 is 0.333 bits per heavy atom. The second kappa shape index (κ2) is 35.1. The molecule has 0 heterocycles. The topological polar surface area (TPSA) is 86.7 Å². The highest BCUT2D eigenvalue weighted by Gasteiger charge is 2.23.